The highest BCUT2D eigenvalue weighted by Crippen LogP contribution is 2.24. The Morgan fingerprint density at radius 3 is 1.65 bits per heavy atom. The molecular weight excluding hydrogens is 468 g/mol. The van der Waals surface area contributed by atoms with Crippen LogP contribution in [0.15, 0.2) is 24.3 Å². The van der Waals surface area contributed by atoms with Crippen molar-refractivity contribution in [3.8, 4) is 11.5 Å². The number of ether oxygens (including phenoxy) is 1. The molecule has 4 aliphatic carbocycles. The lowest BCUT2D eigenvalue weighted by Gasteiger charge is -2.14. The maximum Gasteiger partial charge on any atom is 0.160 e. The minimum absolute atomic E-state index is 0.0359. The molecule has 0 aliphatic heterocycles. The maximum absolute atomic E-state index is 10.5. The smallest absolute Gasteiger partial charge is 0.160 e. The first-order chi connectivity index (χ1) is 18.0. The summed E-state index contributed by atoms with van der Waals surface area (Å²) in [4.78, 5) is 20.5. The summed E-state index contributed by atoms with van der Waals surface area (Å²) in [7, 11) is 1.52. The zero-order valence-corrected chi connectivity index (χ0v) is 23.1. The minimum atomic E-state index is 0.0359. The van der Waals surface area contributed by atoms with E-state index >= 15 is 0 Å². The Hall–Kier alpha value is -1.92. The maximum atomic E-state index is 10.5. The summed E-state index contributed by atoms with van der Waals surface area (Å²) in [6.07, 6.45) is 22.3. The second kappa shape index (κ2) is 22.1. The van der Waals surface area contributed by atoms with Gasteiger partial charge in [0.1, 0.15) is 12.1 Å². The van der Waals surface area contributed by atoms with Crippen LogP contribution in [0.1, 0.15) is 116 Å². The summed E-state index contributed by atoms with van der Waals surface area (Å²) in [6.45, 7) is 0.417. The van der Waals surface area contributed by atoms with Crippen molar-refractivity contribution in [2.24, 2.45) is 11.8 Å². The first kappa shape index (κ1) is 33.1. The number of phenolic OH excluding ortho intramolecular Hbond substituents is 1. The van der Waals surface area contributed by atoms with Gasteiger partial charge in [-0.05, 0) is 69.4 Å². The van der Waals surface area contributed by atoms with Gasteiger partial charge in [0.25, 0.3) is 0 Å². The van der Waals surface area contributed by atoms with E-state index in [1.54, 1.807) is 24.3 Å². The van der Waals surface area contributed by atoms with Crippen LogP contribution < -0.4 is 4.74 Å². The van der Waals surface area contributed by atoms with E-state index in [1.807, 2.05) is 0 Å². The second-order valence-electron chi connectivity index (χ2n) is 10.6. The highest BCUT2D eigenvalue weighted by molar-refractivity contribution is 5.78. The van der Waals surface area contributed by atoms with Crippen LogP contribution in [-0.2, 0) is 9.59 Å². The molecule has 0 bridgehead atoms. The molecule has 3 N–H and O–H groups in total. The lowest BCUT2D eigenvalue weighted by atomic mass is 9.98. The zero-order valence-electron chi connectivity index (χ0n) is 23.1. The molecule has 1 aromatic carbocycles. The molecule has 37 heavy (non-hydrogen) atoms. The van der Waals surface area contributed by atoms with E-state index in [0.717, 1.165) is 57.7 Å². The Labute approximate surface area is 224 Å². The topological polar surface area (TPSA) is 104 Å². The summed E-state index contributed by atoms with van der Waals surface area (Å²) < 4.78 is 4.79. The fourth-order valence-corrected chi connectivity index (χ4v) is 4.94. The van der Waals surface area contributed by atoms with Crippen LogP contribution in [0.3, 0.4) is 0 Å². The van der Waals surface area contributed by atoms with Crippen molar-refractivity contribution in [3.05, 3.63) is 24.3 Å². The van der Waals surface area contributed by atoms with Gasteiger partial charge in [-0.25, -0.2) is 0 Å². The Morgan fingerprint density at radius 2 is 1.32 bits per heavy atom. The summed E-state index contributed by atoms with van der Waals surface area (Å²) in [5.74, 6) is 2.23. The fourth-order valence-electron chi connectivity index (χ4n) is 4.94. The Bertz CT molecular complexity index is 681. The number of ketones is 1. The molecule has 0 saturated heterocycles. The quantitative estimate of drug-likeness (QED) is 0.380. The normalized spacial score (nSPS) is 20.0. The third-order valence-corrected chi connectivity index (χ3v) is 7.40. The first-order valence-electron chi connectivity index (χ1n) is 14.6. The highest BCUT2D eigenvalue weighted by atomic mass is 16.5. The van der Waals surface area contributed by atoms with Crippen molar-refractivity contribution in [1.82, 2.24) is 0 Å². The number of rotatable bonds is 3. The number of para-hydroxylation sites is 2. The molecule has 0 amide bonds. The Kier molecular flexibility index (Phi) is 19.8. The first-order valence-corrected chi connectivity index (χ1v) is 14.6. The molecule has 4 fully saturated rings. The van der Waals surface area contributed by atoms with Gasteiger partial charge >= 0.3 is 0 Å². The van der Waals surface area contributed by atoms with E-state index in [0.29, 0.717) is 30.0 Å². The van der Waals surface area contributed by atoms with Crippen molar-refractivity contribution < 1.29 is 29.6 Å². The van der Waals surface area contributed by atoms with Gasteiger partial charge in [0, 0.05) is 25.4 Å². The molecule has 0 radical (unpaired) electrons. The molecule has 4 aliphatic rings. The number of hydrogen-bond acceptors (Lipinski definition) is 6. The number of hydrogen-bond donors (Lipinski definition) is 3. The molecule has 5 rings (SSSR count). The Morgan fingerprint density at radius 1 is 0.811 bits per heavy atom. The third-order valence-electron chi connectivity index (χ3n) is 7.40. The predicted molar refractivity (Wildman–Crippen MR) is 149 cm³/mol. The van der Waals surface area contributed by atoms with Gasteiger partial charge in [0.15, 0.2) is 11.5 Å². The second-order valence-corrected chi connectivity index (χ2v) is 10.6. The molecule has 4 saturated carbocycles. The number of aromatic hydroxyl groups is 1. The Balaban J connectivity index is 0.000000232. The van der Waals surface area contributed by atoms with E-state index in [4.69, 9.17) is 20.1 Å². The number of aliphatic hydroxyl groups is 2. The average Bonchev–Trinajstić information content (AvgIpc) is 3.66. The number of carbonyl (C=O) groups excluding carboxylic acids is 2. The molecular formula is C31H52O6. The molecule has 0 spiro atoms. The summed E-state index contributed by atoms with van der Waals surface area (Å²) in [5.41, 5.74) is 0. The van der Waals surface area contributed by atoms with Crippen LogP contribution >= 0.6 is 0 Å². The van der Waals surface area contributed by atoms with E-state index in [9.17, 15) is 9.59 Å². The molecule has 6 heteroatoms. The minimum Gasteiger partial charge on any atom is -0.504 e. The van der Waals surface area contributed by atoms with Crippen molar-refractivity contribution in [1.29, 1.82) is 0 Å². The van der Waals surface area contributed by atoms with E-state index in [-0.39, 0.29) is 11.9 Å². The average molecular weight is 521 g/mol. The van der Waals surface area contributed by atoms with E-state index < -0.39 is 0 Å². The van der Waals surface area contributed by atoms with Crippen LogP contribution in [-0.4, -0.2) is 47.2 Å². The highest BCUT2D eigenvalue weighted by Gasteiger charge is 2.13. The van der Waals surface area contributed by atoms with E-state index in [1.165, 1.54) is 71.3 Å². The number of benzene rings is 1. The number of Topliss-reactive ketones (excluding diaryl/α,β-unsaturated/α-hetero) is 1. The lowest BCUT2D eigenvalue weighted by Crippen LogP contribution is -2.09. The SMILES string of the molecule is COc1ccccc1O.O=C1CCCCC1.O=CC1CCCC1.OC1CCCCC1.OCC1CCCC1. The standard InChI is InChI=1S/C7H8O2.C6H12O.C6H10O.C6H12O.C6H10O/c1-9-7-5-3-2-4-6(7)8;2*7-5-6-3-1-2-4-6;2*7-6-4-2-1-3-5-6/h2-5,8H,1H3;6-7H,1-5H2;5-6H,1-4H2;6-7H,1-5H2;1-5H2. The number of phenols is 1. The van der Waals surface area contributed by atoms with Crippen LogP contribution in [0.5, 0.6) is 11.5 Å². The third kappa shape index (κ3) is 17.3. The number of aldehydes is 1. The molecule has 0 atom stereocenters. The number of aliphatic hydroxyl groups excluding tert-OH is 2. The van der Waals surface area contributed by atoms with Gasteiger partial charge in [0.05, 0.1) is 13.2 Å². The van der Waals surface area contributed by atoms with Crippen LogP contribution in [0, 0.1) is 11.8 Å². The summed E-state index contributed by atoms with van der Waals surface area (Å²) in [5, 5.41) is 26.5. The van der Waals surface area contributed by atoms with Gasteiger partial charge in [-0.1, -0.05) is 63.5 Å². The molecule has 212 valence electrons. The van der Waals surface area contributed by atoms with Crippen molar-refractivity contribution in [2.45, 2.75) is 122 Å². The fraction of sp³-hybridized carbons (Fsp3) is 0.742. The van der Waals surface area contributed by atoms with Crippen molar-refractivity contribution in [3.63, 3.8) is 0 Å². The van der Waals surface area contributed by atoms with Crippen molar-refractivity contribution >= 4 is 12.1 Å². The van der Waals surface area contributed by atoms with Gasteiger partial charge < -0.3 is 24.9 Å². The van der Waals surface area contributed by atoms with E-state index in [2.05, 4.69) is 0 Å². The predicted octanol–water partition coefficient (Wildman–Crippen LogP) is 6.78. The van der Waals surface area contributed by atoms with Gasteiger partial charge in [-0.15, -0.1) is 0 Å². The van der Waals surface area contributed by atoms with Crippen LogP contribution in [0.4, 0.5) is 0 Å². The van der Waals surface area contributed by atoms with Crippen molar-refractivity contribution in [2.75, 3.05) is 13.7 Å². The van der Waals surface area contributed by atoms with Gasteiger partial charge in [-0.2, -0.15) is 0 Å². The zero-order chi connectivity index (χ0) is 27.1. The summed E-state index contributed by atoms with van der Waals surface area (Å²) >= 11 is 0. The number of methoxy groups -OCH3 is 1. The molecule has 1 aromatic rings. The van der Waals surface area contributed by atoms with Gasteiger partial charge in [-0.3, -0.25) is 4.79 Å². The lowest BCUT2D eigenvalue weighted by molar-refractivity contribution is -0.120. The number of carbonyl (C=O) groups is 2. The molecule has 0 aromatic heterocycles. The molecule has 0 heterocycles. The molecule has 0 unspecified atom stereocenters. The summed E-state index contributed by atoms with van der Waals surface area (Å²) in [6, 6.07) is 6.84. The monoisotopic (exact) mass is 520 g/mol. The molecule has 6 nitrogen and oxygen atoms in total. The van der Waals surface area contributed by atoms with Gasteiger partial charge in [0.2, 0.25) is 0 Å². The van der Waals surface area contributed by atoms with Crippen LogP contribution in [0.25, 0.3) is 0 Å². The largest absolute Gasteiger partial charge is 0.504 e. The van der Waals surface area contributed by atoms with Crippen LogP contribution in [0.2, 0.25) is 0 Å².